The van der Waals surface area contributed by atoms with Crippen LogP contribution in [0.2, 0.25) is 5.02 Å². The molecular formula is C16H21ClN2O. The number of rotatable bonds is 5. The summed E-state index contributed by atoms with van der Waals surface area (Å²) in [5.41, 5.74) is 1.03. The van der Waals surface area contributed by atoms with Crippen LogP contribution in [-0.4, -0.2) is 36.0 Å². The van der Waals surface area contributed by atoms with Gasteiger partial charge in [-0.15, -0.1) is 0 Å². The molecule has 1 aromatic rings. The van der Waals surface area contributed by atoms with Gasteiger partial charge in [0, 0.05) is 11.6 Å². The lowest BCUT2D eigenvalue weighted by atomic mass is 9.99. The van der Waals surface area contributed by atoms with Crippen LogP contribution >= 0.6 is 11.6 Å². The summed E-state index contributed by atoms with van der Waals surface area (Å²) in [6.45, 7) is 5.32. The minimum atomic E-state index is -0.150. The van der Waals surface area contributed by atoms with E-state index < -0.39 is 0 Å². The molecule has 1 N–H and O–H groups in total. The van der Waals surface area contributed by atoms with Crippen molar-refractivity contribution in [3.05, 3.63) is 34.9 Å². The number of likely N-dealkylation sites (tertiary alicyclic amines) is 1. The molecule has 3 nitrogen and oxygen atoms in total. The van der Waals surface area contributed by atoms with Gasteiger partial charge < -0.3 is 10.2 Å². The van der Waals surface area contributed by atoms with Crippen LogP contribution in [-0.2, 0) is 4.79 Å². The number of halogens is 1. The van der Waals surface area contributed by atoms with Crippen LogP contribution in [0, 0.1) is 0 Å². The molecule has 1 aliphatic heterocycles. The lowest BCUT2D eigenvalue weighted by Crippen LogP contribution is -2.50. The average Bonchev–Trinajstić information content (AvgIpc) is 3.13. The Kier molecular flexibility index (Phi) is 3.74. The molecule has 1 aliphatic carbocycles. The summed E-state index contributed by atoms with van der Waals surface area (Å²) in [5.74, 6) is -0.0344. The van der Waals surface area contributed by atoms with E-state index in [1.807, 2.05) is 31.2 Å². The summed E-state index contributed by atoms with van der Waals surface area (Å²) in [5, 5.41) is 3.94. The van der Waals surface area contributed by atoms with Gasteiger partial charge in [0.2, 0.25) is 5.91 Å². The topological polar surface area (TPSA) is 32.3 Å². The third-order valence-corrected chi connectivity index (χ3v) is 4.69. The second-order valence-electron chi connectivity index (χ2n) is 6.18. The van der Waals surface area contributed by atoms with Gasteiger partial charge in [-0.3, -0.25) is 4.79 Å². The fraction of sp³-hybridized carbons (Fsp3) is 0.562. The first-order valence-corrected chi connectivity index (χ1v) is 7.76. The van der Waals surface area contributed by atoms with Crippen molar-refractivity contribution in [3.8, 4) is 0 Å². The van der Waals surface area contributed by atoms with Crippen LogP contribution in [0.4, 0.5) is 0 Å². The van der Waals surface area contributed by atoms with Gasteiger partial charge in [0.25, 0.3) is 0 Å². The zero-order valence-corrected chi connectivity index (χ0v) is 12.6. The Morgan fingerprint density at radius 1 is 1.45 bits per heavy atom. The van der Waals surface area contributed by atoms with Gasteiger partial charge >= 0.3 is 0 Å². The molecule has 2 aliphatic rings. The zero-order chi connectivity index (χ0) is 14.2. The fourth-order valence-electron chi connectivity index (χ4n) is 2.74. The number of amides is 1. The highest BCUT2D eigenvalue weighted by Crippen LogP contribution is 2.37. The molecule has 0 spiro atoms. The van der Waals surface area contributed by atoms with E-state index in [9.17, 15) is 4.79 Å². The first-order chi connectivity index (χ1) is 9.58. The molecule has 0 aromatic heterocycles. The fourth-order valence-corrected chi connectivity index (χ4v) is 2.94. The summed E-state index contributed by atoms with van der Waals surface area (Å²) in [6, 6.07) is 7.57. The predicted octanol–water partition coefficient (Wildman–Crippen LogP) is 2.80. The van der Waals surface area contributed by atoms with E-state index in [4.69, 9.17) is 11.6 Å². The van der Waals surface area contributed by atoms with Crippen molar-refractivity contribution >= 4 is 17.5 Å². The Bertz CT molecular complexity index is 509. The molecule has 1 aromatic carbocycles. The molecule has 2 fully saturated rings. The van der Waals surface area contributed by atoms with Gasteiger partial charge in [-0.05, 0) is 57.0 Å². The smallest absolute Gasteiger partial charge is 0.227 e. The molecule has 4 heteroatoms. The maximum Gasteiger partial charge on any atom is 0.227 e. The molecule has 3 rings (SSSR count). The number of hydrogen-bond donors (Lipinski definition) is 1. The molecule has 1 unspecified atom stereocenters. The molecule has 1 heterocycles. The Labute approximate surface area is 125 Å². The number of benzene rings is 1. The van der Waals surface area contributed by atoms with Crippen LogP contribution in [0.3, 0.4) is 0 Å². The van der Waals surface area contributed by atoms with Crippen molar-refractivity contribution in [2.45, 2.75) is 37.6 Å². The van der Waals surface area contributed by atoms with E-state index in [-0.39, 0.29) is 17.4 Å². The number of carbonyl (C=O) groups excluding carboxylic acids is 1. The molecule has 0 bridgehead atoms. The van der Waals surface area contributed by atoms with Crippen molar-refractivity contribution in [2.75, 3.05) is 19.6 Å². The van der Waals surface area contributed by atoms with Gasteiger partial charge in [0.05, 0.1) is 11.5 Å². The molecule has 1 amide bonds. The summed E-state index contributed by atoms with van der Waals surface area (Å²) < 4.78 is 0. The molecule has 20 heavy (non-hydrogen) atoms. The van der Waals surface area contributed by atoms with Crippen molar-refractivity contribution in [1.29, 1.82) is 0 Å². The Morgan fingerprint density at radius 3 is 2.75 bits per heavy atom. The van der Waals surface area contributed by atoms with Crippen LogP contribution in [0.1, 0.15) is 37.7 Å². The van der Waals surface area contributed by atoms with Crippen molar-refractivity contribution in [3.63, 3.8) is 0 Å². The minimum absolute atomic E-state index is 0.0460. The lowest BCUT2D eigenvalue weighted by Gasteiger charge is -2.35. The van der Waals surface area contributed by atoms with Crippen molar-refractivity contribution in [1.82, 2.24) is 10.2 Å². The standard InChI is InChI=1S/C16H21ClN2O/c1-12(13-4-2-5-14(17)10-13)15(20)18-16(6-7-16)11-19-8-3-9-19/h2,4-5,10,12H,3,6-9,11H2,1H3,(H,18,20). The van der Waals surface area contributed by atoms with Crippen LogP contribution < -0.4 is 5.32 Å². The molecule has 108 valence electrons. The van der Waals surface area contributed by atoms with Gasteiger partial charge in [-0.25, -0.2) is 0 Å². The maximum atomic E-state index is 12.4. The van der Waals surface area contributed by atoms with Gasteiger partial charge in [0.1, 0.15) is 0 Å². The number of carbonyl (C=O) groups is 1. The van der Waals surface area contributed by atoms with Gasteiger partial charge in [-0.1, -0.05) is 23.7 Å². The molecule has 0 radical (unpaired) electrons. The third kappa shape index (κ3) is 2.99. The van der Waals surface area contributed by atoms with E-state index in [1.54, 1.807) is 0 Å². The minimum Gasteiger partial charge on any atom is -0.349 e. The van der Waals surface area contributed by atoms with Gasteiger partial charge in [-0.2, -0.15) is 0 Å². The van der Waals surface area contributed by atoms with E-state index >= 15 is 0 Å². The number of hydrogen-bond acceptors (Lipinski definition) is 2. The Balaban J connectivity index is 1.61. The van der Waals surface area contributed by atoms with E-state index in [0.29, 0.717) is 5.02 Å². The highest BCUT2D eigenvalue weighted by atomic mass is 35.5. The number of nitrogens with zero attached hydrogens (tertiary/aromatic N) is 1. The summed E-state index contributed by atoms with van der Waals surface area (Å²) >= 11 is 6.00. The second-order valence-corrected chi connectivity index (χ2v) is 6.61. The van der Waals surface area contributed by atoms with Crippen molar-refractivity contribution in [2.24, 2.45) is 0 Å². The van der Waals surface area contributed by atoms with E-state index in [2.05, 4.69) is 10.2 Å². The quantitative estimate of drug-likeness (QED) is 0.905. The maximum absolute atomic E-state index is 12.4. The first-order valence-electron chi connectivity index (χ1n) is 7.38. The SMILES string of the molecule is CC(C(=O)NC1(CN2CCC2)CC1)c1cccc(Cl)c1. The van der Waals surface area contributed by atoms with Gasteiger partial charge in [0.15, 0.2) is 0 Å². The second kappa shape index (κ2) is 5.38. The molecule has 1 atom stereocenters. The summed E-state index contributed by atoms with van der Waals surface area (Å²) in [6.07, 6.45) is 3.51. The summed E-state index contributed by atoms with van der Waals surface area (Å²) in [7, 11) is 0. The molecular weight excluding hydrogens is 272 g/mol. The summed E-state index contributed by atoms with van der Waals surface area (Å²) in [4.78, 5) is 14.9. The number of nitrogens with one attached hydrogen (secondary N) is 1. The van der Waals surface area contributed by atoms with E-state index in [0.717, 1.165) is 24.9 Å². The highest BCUT2D eigenvalue weighted by Gasteiger charge is 2.46. The third-order valence-electron chi connectivity index (χ3n) is 4.46. The normalized spacial score (nSPS) is 21.9. The van der Waals surface area contributed by atoms with Crippen LogP contribution in [0.5, 0.6) is 0 Å². The first kappa shape index (κ1) is 13.9. The lowest BCUT2D eigenvalue weighted by molar-refractivity contribution is -0.123. The predicted molar refractivity (Wildman–Crippen MR) is 81.0 cm³/mol. The Hall–Kier alpha value is -1.06. The highest BCUT2D eigenvalue weighted by molar-refractivity contribution is 6.30. The average molecular weight is 293 g/mol. The van der Waals surface area contributed by atoms with Crippen LogP contribution in [0.15, 0.2) is 24.3 Å². The largest absolute Gasteiger partial charge is 0.349 e. The monoisotopic (exact) mass is 292 g/mol. The van der Waals surface area contributed by atoms with E-state index in [1.165, 1.54) is 19.5 Å². The molecule has 1 saturated heterocycles. The Morgan fingerprint density at radius 2 is 2.20 bits per heavy atom. The van der Waals surface area contributed by atoms with Crippen LogP contribution in [0.25, 0.3) is 0 Å². The van der Waals surface area contributed by atoms with Crippen molar-refractivity contribution < 1.29 is 4.79 Å². The molecule has 1 saturated carbocycles. The zero-order valence-electron chi connectivity index (χ0n) is 11.9.